The average Bonchev–Trinajstić information content (AvgIpc) is 2.98. The third-order valence-electron chi connectivity index (χ3n) is 3.78. The number of hydrogen-bond donors (Lipinski definition) is 1. The Kier molecular flexibility index (Phi) is 4.99. The summed E-state index contributed by atoms with van der Waals surface area (Å²) in [7, 11) is 0. The van der Waals surface area contributed by atoms with Gasteiger partial charge in [0.2, 0.25) is 0 Å². The first kappa shape index (κ1) is 14.1. The van der Waals surface area contributed by atoms with Gasteiger partial charge in [0.1, 0.15) is 6.26 Å². The summed E-state index contributed by atoms with van der Waals surface area (Å²) in [6, 6.07) is 2.17. The molecule has 0 aromatic carbocycles. The molecule has 0 radical (unpaired) electrons. The molecule has 0 spiro atoms. The minimum absolute atomic E-state index is 0.0631. The quantitative estimate of drug-likeness (QED) is 0.868. The Hall–Kier alpha value is -1.33. The van der Waals surface area contributed by atoms with Crippen molar-refractivity contribution >= 4 is 5.91 Å². The molecule has 2 heterocycles. The molecule has 1 atom stereocenters. The van der Waals surface area contributed by atoms with Gasteiger partial charge in [0.05, 0.1) is 11.8 Å². The predicted molar refractivity (Wildman–Crippen MR) is 73.9 cm³/mol. The third kappa shape index (κ3) is 3.36. The predicted octanol–water partition coefficient (Wildman–Crippen LogP) is 1.16. The fourth-order valence-corrected chi connectivity index (χ4v) is 2.64. The highest BCUT2D eigenvalue weighted by Crippen LogP contribution is 2.13. The highest BCUT2D eigenvalue weighted by atomic mass is 16.3. The maximum absolute atomic E-state index is 12.2. The maximum atomic E-state index is 12.2. The van der Waals surface area contributed by atoms with Crippen molar-refractivity contribution in [2.75, 3.05) is 32.7 Å². The molecule has 1 aliphatic rings. The van der Waals surface area contributed by atoms with Gasteiger partial charge >= 0.3 is 0 Å². The lowest BCUT2D eigenvalue weighted by Crippen LogP contribution is -2.53. The Morgan fingerprint density at radius 2 is 2.16 bits per heavy atom. The van der Waals surface area contributed by atoms with Gasteiger partial charge < -0.3 is 15.1 Å². The minimum Gasteiger partial charge on any atom is -0.472 e. The average molecular weight is 265 g/mol. The maximum Gasteiger partial charge on any atom is 0.257 e. The van der Waals surface area contributed by atoms with Gasteiger partial charge in [-0.3, -0.25) is 9.69 Å². The molecule has 19 heavy (non-hydrogen) atoms. The van der Waals surface area contributed by atoms with Crippen LogP contribution in [-0.4, -0.2) is 54.5 Å². The fourth-order valence-electron chi connectivity index (χ4n) is 2.64. The monoisotopic (exact) mass is 265 g/mol. The number of hydrogen-bond acceptors (Lipinski definition) is 4. The van der Waals surface area contributed by atoms with Crippen molar-refractivity contribution in [3.05, 3.63) is 24.2 Å². The number of nitrogens with zero attached hydrogens (tertiary/aromatic N) is 2. The largest absolute Gasteiger partial charge is 0.472 e. The SMILES string of the molecule is CCCC(CN)N1CCN(C(=O)c2ccoc2)CC1. The molecule has 1 aromatic rings. The van der Waals surface area contributed by atoms with E-state index in [-0.39, 0.29) is 5.91 Å². The lowest BCUT2D eigenvalue weighted by Gasteiger charge is -2.38. The fraction of sp³-hybridized carbons (Fsp3) is 0.643. The van der Waals surface area contributed by atoms with Crippen molar-refractivity contribution < 1.29 is 9.21 Å². The van der Waals surface area contributed by atoms with Gasteiger partial charge in [0, 0.05) is 38.8 Å². The molecule has 1 aromatic heterocycles. The summed E-state index contributed by atoms with van der Waals surface area (Å²) in [5, 5.41) is 0. The van der Waals surface area contributed by atoms with E-state index in [4.69, 9.17) is 10.2 Å². The highest BCUT2D eigenvalue weighted by molar-refractivity contribution is 5.93. The molecule has 106 valence electrons. The zero-order chi connectivity index (χ0) is 13.7. The Balaban J connectivity index is 1.87. The normalized spacial score (nSPS) is 18.5. The van der Waals surface area contributed by atoms with Crippen LogP contribution in [0.5, 0.6) is 0 Å². The second-order valence-electron chi connectivity index (χ2n) is 5.02. The van der Waals surface area contributed by atoms with Gasteiger partial charge in [-0.1, -0.05) is 13.3 Å². The van der Waals surface area contributed by atoms with Crippen LogP contribution in [0.15, 0.2) is 23.0 Å². The zero-order valence-electron chi connectivity index (χ0n) is 11.5. The molecule has 1 aliphatic heterocycles. The van der Waals surface area contributed by atoms with E-state index in [2.05, 4.69) is 11.8 Å². The van der Waals surface area contributed by atoms with E-state index in [1.165, 1.54) is 12.5 Å². The number of piperazine rings is 1. The third-order valence-corrected chi connectivity index (χ3v) is 3.78. The van der Waals surface area contributed by atoms with Crippen molar-refractivity contribution in [1.82, 2.24) is 9.80 Å². The first-order valence-electron chi connectivity index (χ1n) is 7.01. The Labute approximate surface area is 114 Å². The Morgan fingerprint density at radius 3 is 2.68 bits per heavy atom. The number of amides is 1. The highest BCUT2D eigenvalue weighted by Gasteiger charge is 2.25. The summed E-state index contributed by atoms with van der Waals surface area (Å²) >= 11 is 0. The van der Waals surface area contributed by atoms with Crippen LogP contribution in [0.25, 0.3) is 0 Å². The van der Waals surface area contributed by atoms with Gasteiger partial charge in [0.25, 0.3) is 5.91 Å². The summed E-state index contributed by atoms with van der Waals surface area (Å²) in [4.78, 5) is 16.5. The number of furan rings is 1. The summed E-state index contributed by atoms with van der Waals surface area (Å²) in [6.07, 6.45) is 5.33. The van der Waals surface area contributed by atoms with Crippen molar-refractivity contribution in [3.63, 3.8) is 0 Å². The molecule has 5 heteroatoms. The van der Waals surface area contributed by atoms with Crippen LogP contribution in [0, 0.1) is 0 Å². The van der Waals surface area contributed by atoms with Crippen LogP contribution in [0.4, 0.5) is 0 Å². The first-order valence-corrected chi connectivity index (χ1v) is 7.01. The van der Waals surface area contributed by atoms with Crippen molar-refractivity contribution in [2.45, 2.75) is 25.8 Å². The lowest BCUT2D eigenvalue weighted by atomic mass is 10.1. The van der Waals surface area contributed by atoms with E-state index in [1.807, 2.05) is 4.90 Å². The van der Waals surface area contributed by atoms with E-state index < -0.39 is 0 Å². The second kappa shape index (κ2) is 6.73. The van der Waals surface area contributed by atoms with Gasteiger partial charge in [-0.15, -0.1) is 0 Å². The first-order chi connectivity index (χ1) is 9.26. The molecule has 2 rings (SSSR count). The second-order valence-corrected chi connectivity index (χ2v) is 5.02. The topological polar surface area (TPSA) is 62.7 Å². The summed E-state index contributed by atoms with van der Waals surface area (Å²) in [6.45, 7) is 6.23. The molecule has 1 amide bonds. The summed E-state index contributed by atoms with van der Waals surface area (Å²) in [5.74, 6) is 0.0631. The van der Waals surface area contributed by atoms with Crippen LogP contribution in [0.2, 0.25) is 0 Å². The van der Waals surface area contributed by atoms with Gasteiger partial charge in [-0.25, -0.2) is 0 Å². The number of carbonyl (C=O) groups excluding carboxylic acids is 1. The molecule has 5 nitrogen and oxygen atoms in total. The van der Waals surface area contributed by atoms with Crippen molar-refractivity contribution in [2.24, 2.45) is 5.73 Å². The minimum atomic E-state index is 0.0631. The molecule has 1 saturated heterocycles. The molecule has 0 bridgehead atoms. The molecular weight excluding hydrogens is 242 g/mol. The van der Waals surface area contributed by atoms with E-state index in [9.17, 15) is 4.79 Å². The van der Waals surface area contributed by atoms with Crippen molar-refractivity contribution in [1.29, 1.82) is 0 Å². The zero-order valence-corrected chi connectivity index (χ0v) is 11.5. The van der Waals surface area contributed by atoms with E-state index in [0.29, 0.717) is 18.2 Å². The molecular formula is C14H23N3O2. The molecule has 1 fully saturated rings. The molecule has 1 unspecified atom stereocenters. The Bertz CT molecular complexity index is 383. The number of nitrogens with two attached hydrogens (primary N) is 1. The number of rotatable bonds is 5. The van der Waals surface area contributed by atoms with E-state index in [1.54, 1.807) is 6.07 Å². The molecule has 0 aliphatic carbocycles. The molecule has 0 saturated carbocycles. The van der Waals surface area contributed by atoms with E-state index >= 15 is 0 Å². The lowest BCUT2D eigenvalue weighted by molar-refractivity contribution is 0.0565. The smallest absolute Gasteiger partial charge is 0.257 e. The van der Waals surface area contributed by atoms with Crippen LogP contribution < -0.4 is 5.73 Å². The molecule has 2 N–H and O–H groups in total. The van der Waals surface area contributed by atoms with Crippen LogP contribution in [0.1, 0.15) is 30.1 Å². The van der Waals surface area contributed by atoms with Crippen LogP contribution in [-0.2, 0) is 0 Å². The van der Waals surface area contributed by atoms with Crippen LogP contribution >= 0.6 is 0 Å². The van der Waals surface area contributed by atoms with Gasteiger partial charge in [-0.05, 0) is 12.5 Å². The summed E-state index contributed by atoms with van der Waals surface area (Å²) < 4.78 is 4.96. The van der Waals surface area contributed by atoms with Gasteiger partial charge in [-0.2, -0.15) is 0 Å². The van der Waals surface area contributed by atoms with Gasteiger partial charge in [0.15, 0.2) is 0 Å². The number of carbonyl (C=O) groups is 1. The van der Waals surface area contributed by atoms with Crippen LogP contribution in [0.3, 0.4) is 0 Å². The summed E-state index contributed by atoms with van der Waals surface area (Å²) in [5.41, 5.74) is 6.46. The Morgan fingerprint density at radius 1 is 1.42 bits per heavy atom. The van der Waals surface area contributed by atoms with Crippen molar-refractivity contribution in [3.8, 4) is 0 Å². The standard InChI is InChI=1S/C14H23N3O2/c1-2-3-13(10-15)16-5-7-17(8-6-16)14(18)12-4-9-19-11-12/h4,9,11,13H,2-3,5-8,10,15H2,1H3. The van der Waals surface area contributed by atoms with E-state index in [0.717, 1.165) is 39.0 Å².